The van der Waals surface area contributed by atoms with Gasteiger partial charge in [-0.05, 0) is 60.0 Å². The number of hydrogen-bond acceptors (Lipinski definition) is 2. The molecule has 0 bridgehead atoms. The Bertz CT molecular complexity index is 590. The Kier molecular flexibility index (Phi) is 3.59. The smallest absolute Gasteiger partial charge is 0.137 e. The van der Waals surface area contributed by atoms with E-state index in [9.17, 15) is 9.50 Å². The summed E-state index contributed by atoms with van der Waals surface area (Å²) >= 11 is 3.12. The molecule has 2 rings (SSSR count). The first-order valence-electron chi connectivity index (χ1n) is 5.61. The van der Waals surface area contributed by atoms with Crippen LogP contribution in [0.1, 0.15) is 34.3 Å². The first-order valence-corrected chi connectivity index (χ1v) is 6.40. The molecule has 0 radical (unpaired) electrons. The van der Waals surface area contributed by atoms with Gasteiger partial charge < -0.3 is 9.52 Å². The molecule has 4 heteroatoms. The predicted octanol–water partition coefficient (Wildman–Crippen LogP) is 4.19. The third-order valence-electron chi connectivity index (χ3n) is 3.15. The quantitative estimate of drug-likeness (QED) is 0.902. The summed E-state index contributed by atoms with van der Waals surface area (Å²) in [7, 11) is 0. The van der Waals surface area contributed by atoms with Crippen molar-refractivity contribution in [3.8, 4) is 0 Å². The molecule has 1 unspecified atom stereocenters. The molecule has 0 aliphatic rings. The van der Waals surface area contributed by atoms with E-state index < -0.39 is 6.10 Å². The molecule has 2 nitrogen and oxygen atoms in total. The summed E-state index contributed by atoms with van der Waals surface area (Å²) in [6.07, 6.45) is -0.806. The minimum atomic E-state index is -0.806. The summed E-state index contributed by atoms with van der Waals surface area (Å²) in [6.45, 7) is 5.58. The zero-order valence-corrected chi connectivity index (χ0v) is 12.0. The van der Waals surface area contributed by atoms with Crippen LogP contribution in [-0.2, 0) is 0 Å². The van der Waals surface area contributed by atoms with Gasteiger partial charge in [-0.3, -0.25) is 0 Å². The summed E-state index contributed by atoms with van der Waals surface area (Å²) < 4.78 is 19.0. The number of benzene rings is 1. The number of aryl methyl sites for hydroxylation is 2. The van der Waals surface area contributed by atoms with Crippen LogP contribution >= 0.6 is 15.9 Å². The van der Waals surface area contributed by atoms with Crippen molar-refractivity contribution >= 4 is 15.9 Å². The first-order chi connectivity index (χ1) is 8.41. The van der Waals surface area contributed by atoms with Gasteiger partial charge in [0, 0.05) is 5.56 Å². The molecule has 0 spiro atoms. The molecule has 0 aliphatic carbocycles. The number of hydrogen-bond donors (Lipinski definition) is 1. The molecular formula is C14H14BrFO2. The molecule has 18 heavy (non-hydrogen) atoms. The van der Waals surface area contributed by atoms with Crippen molar-refractivity contribution in [2.24, 2.45) is 0 Å². The maximum Gasteiger partial charge on any atom is 0.137 e. The van der Waals surface area contributed by atoms with Gasteiger partial charge in [0.05, 0.1) is 4.47 Å². The zero-order valence-electron chi connectivity index (χ0n) is 10.4. The average Bonchev–Trinajstić information content (AvgIpc) is 2.56. The van der Waals surface area contributed by atoms with Crippen molar-refractivity contribution in [3.05, 3.63) is 56.7 Å². The third kappa shape index (κ3) is 2.22. The van der Waals surface area contributed by atoms with Gasteiger partial charge in [-0.25, -0.2) is 4.39 Å². The monoisotopic (exact) mass is 312 g/mol. The highest BCUT2D eigenvalue weighted by atomic mass is 79.9. The van der Waals surface area contributed by atoms with Crippen LogP contribution in [0.25, 0.3) is 0 Å². The molecule has 2 aromatic rings. The molecule has 1 heterocycles. The van der Waals surface area contributed by atoms with Crippen molar-refractivity contribution in [1.29, 1.82) is 0 Å². The maximum atomic E-state index is 13.2. The van der Waals surface area contributed by atoms with Gasteiger partial charge in [-0.1, -0.05) is 6.07 Å². The molecule has 1 atom stereocenters. The second kappa shape index (κ2) is 4.86. The van der Waals surface area contributed by atoms with Gasteiger partial charge in [0.25, 0.3) is 0 Å². The molecule has 1 aromatic carbocycles. The number of furan rings is 1. The topological polar surface area (TPSA) is 33.4 Å². The number of aliphatic hydroxyl groups excluding tert-OH is 1. The van der Waals surface area contributed by atoms with Gasteiger partial charge in [0.15, 0.2) is 0 Å². The molecular weight excluding hydrogens is 299 g/mol. The van der Waals surface area contributed by atoms with E-state index in [0.29, 0.717) is 15.8 Å². The van der Waals surface area contributed by atoms with E-state index in [0.717, 1.165) is 16.9 Å². The van der Waals surface area contributed by atoms with Crippen LogP contribution in [0.2, 0.25) is 0 Å². The van der Waals surface area contributed by atoms with E-state index in [-0.39, 0.29) is 5.82 Å². The first kappa shape index (κ1) is 13.3. The Morgan fingerprint density at radius 2 is 1.89 bits per heavy atom. The van der Waals surface area contributed by atoms with E-state index in [1.807, 2.05) is 20.8 Å². The lowest BCUT2D eigenvalue weighted by molar-refractivity contribution is 0.217. The van der Waals surface area contributed by atoms with Gasteiger partial charge in [-0.2, -0.15) is 0 Å². The van der Waals surface area contributed by atoms with E-state index in [1.165, 1.54) is 6.07 Å². The van der Waals surface area contributed by atoms with E-state index >= 15 is 0 Å². The maximum absolute atomic E-state index is 13.2. The molecule has 1 N–H and O–H groups in total. The standard InChI is InChI=1S/C14H14BrFO2/c1-7-8(2)18-9(3)13(7)14(17)10-4-5-12(16)11(15)6-10/h4-6,14,17H,1-3H3. The molecule has 0 aliphatic heterocycles. The summed E-state index contributed by atoms with van der Waals surface area (Å²) in [4.78, 5) is 0. The Hall–Kier alpha value is -1.13. The van der Waals surface area contributed by atoms with Crippen LogP contribution < -0.4 is 0 Å². The molecule has 1 aromatic heterocycles. The predicted molar refractivity (Wildman–Crippen MR) is 71.1 cm³/mol. The Balaban J connectivity index is 2.47. The summed E-state index contributed by atoms with van der Waals surface area (Å²) in [5, 5.41) is 10.4. The molecule has 96 valence electrons. The summed E-state index contributed by atoms with van der Waals surface area (Å²) in [5.74, 6) is 1.14. The Morgan fingerprint density at radius 3 is 2.39 bits per heavy atom. The van der Waals surface area contributed by atoms with Crippen molar-refractivity contribution in [3.63, 3.8) is 0 Å². The fourth-order valence-corrected chi connectivity index (χ4v) is 2.46. The van der Waals surface area contributed by atoms with Crippen molar-refractivity contribution in [1.82, 2.24) is 0 Å². The second-order valence-corrected chi connectivity index (χ2v) is 5.18. The van der Waals surface area contributed by atoms with Crippen LogP contribution in [0.15, 0.2) is 27.1 Å². The summed E-state index contributed by atoms with van der Waals surface area (Å²) in [6, 6.07) is 4.49. The normalized spacial score (nSPS) is 12.8. The highest BCUT2D eigenvalue weighted by molar-refractivity contribution is 9.10. The number of halogens is 2. The third-order valence-corrected chi connectivity index (χ3v) is 3.76. The summed E-state index contributed by atoms with van der Waals surface area (Å²) in [5.41, 5.74) is 2.32. The second-order valence-electron chi connectivity index (χ2n) is 4.33. The molecule has 0 saturated heterocycles. The lowest BCUT2D eigenvalue weighted by atomic mass is 9.98. The van der Waals surface area contributed by atoms with Crippen molar-refractivity contribution in [2.45, 2.75) is 26.9 Å². The molecule has 0 saturated carbocycles. The Labute approximate surface area is 114 Å². The van der Waals surface area contributed by atoms with Crippen LogP contribution in [0, 0.1) is 26.6 Å². The highest BCUT2D eigenvalue weighted by Crippen LogP contribution is 2.32. The van der Waals surface area contributed by atoms with Crippen molar-refractivity contribution in [2.75, 3.05) is 0 Å². The molecule has 0 amide bonds. The largest absolute Gasteiger partial charge is 0.466 e. The minimum absolute atomic E-state index is 0.342. The fraction of sp³-hybridized carbons (Fsp3) is 0.286. The highest BCUT2D eigenvalue weighted by Gasteiger charge is 2.21. The van der Waals surface area contributed by atoms with Crippen molar-refractivity contribution < 1.29 is 13.9 Å². The Morgan fingerprint density at radius 1 is 1.22 bits per heavy atom. The average molecular weight is 313 g/mol. The minimum Gasteiger partial charge on any atom is -0.466 e. The van der Waals surface area contributed by atoms with Gasteiger partial charge in [0.2, 0.25) is 0 Å². The number of rotatable bonds is 2. The molecule has 0 fully saturated rings. The van der Waals surface area contributed by atoms with E-state index in [4.69, 9.17) is 4.42 Å². The lowest BCUT2D eigenvalue weighted by Crippen LogP contribution is -2.02. The van der Waals surface area contributed by atoms with E-state index in [1.54, 1.807) is 12.1 Å². The van der Waals surface area contributed by atoms with Crippen LogP contribution in [0.4, 0.5) is 4.39 Å². The fourth-order valence-electron chi connectivity index (χ4n) is 2.06. The van der Waals surface area contributed by atoms with Crippen LogP contribution in [-0.4, -0.2) is 5.11 Å². The van der Waals surface area contributed by atoms with Gasteiger partial charge >= 0.3 is 0 Å². The van der Waals surface area contributed by atoms with Crippen LogP contribution in [0.5, 0.6) is 0 Å². The van der Waals surface area contributed by atoms with Gasteiger partial charge in [0.1, 0.15) is 23.4 Å². The zero-order chi connectivity index (χ0) is 13.4. The van der Waals surface area contributed by atoms with Gasteiger partial charge in [-0.15, -0.1) is 0 Å². The lowest BCUT2D eigenvalue weighted by Gasteiger charge is -2.12. The SMILES string of the molecule is Cc1oc(C)c(C(O)c2ccc(F)c(Br)c2)c1C. The van der Waals surface area contributed by atoms with E-state index in [2.05, 4.69) is 15.9 Å². The number of aliphatic hydroxyl groups is 1. The van der Waals surface area contributed by atoms with Crippen LogP contribution in [0.3, 0.4) is 0 Å².